The Morgan fingerprint density at radius 2 is 1.56 bits per heavy atom. The first-order chi connectivity index (χ1) is 15.3. The molecule has 0 aliphatic carbocycles. The molecule has 2 aromatic carbocycles. The third-order valence-corrected chi connectivity index (χ3v) is 5.81. The fourth-order valence-corrected chi connectivity index (χ4v) is 3.98. The van der Waals surface area contributed by atoms with E-state index in [0.717, 1.165) is 34.0 Å². The summed E-state index contributed by atoms with van der Waals surface area (Å²) in [6.45, 7) is 5.87. The standard InChI is InChI=1S/C25H22ClN3O3/c1-4-17-5-9-21(10-6-17)29-24(31)22(23(30)27-25(29)32)14-18-13-15(2)28(16(18)3)20-11-7-19(26)8-12-20/h5-14H,4H2,1-3H3,(H,27,30,32). The van der Waals surface area contributed by atoms with Gasteiger partial charge in [0, 0.05) is 22.1 Å². The minimum atomic E-state index is -0.756. The summed E-state index contributed by atoms with van der Waals surface area (Å²) in [7, 11) is 0. The number of amides is 4. The molecular weight excluding hydrogens is 426 g/mol. The van der Waals surface area contributed by atoms with Crippen molar-refractivity contribution in [3.8, 4) is 5.69 Å². The Hall–Kier alpha value is -3.64. The van der Waals surface area contributed by atoms with E-state index in [1.807, 2.05) is 55.7 Å². The Balaban J connectivity index is 1.73. The van der Waals surface area contributed by atoms with Crippen LogP contribution in [0.25, 0.3) is 11.8 Å². The zero-order valence-corrected chi connectivity index (χ0v) is 18.7. The maximum absolute atomic E-state index is 13.2. The quantitative estimate of drug-likeness (QED) is 0.453. The molecule has 4 rings (SSSR count). The van der Waals surface area contributed by atoms with Gasteiger partial charge in [-0.25, -0.2) is 9.69 Å². The summed E-state index contributed by atoms with van der Waals surface area (Å²) in [5, 5.41) is 2.91. The van der Waals surface area contributed by atoms with Crippen molar-refractivity contribution in [3.05, 3.63) is 87.7 Å². The molecule has 0 atom stereocenters. The molecule has 4 amide bonds. The fourth-order valence-electron chi connectivity index (χ4n) is 3.85. The molecule has 1 N–H and O–H groups in total. The average Bonchev–Trinajstić information content (AvgIpc) is 3.05. The minimum Gasteiger partial charge on any atom is -0.318 e. The van der Waals surface area contributed by atoms with Gasteiger partial charge in [-0.1, -0.05) is 30.7 Å². The van der Waals surface area contributed by atoms with Crippen LogP contribution in [0.3, 0.4) is 0 Å². The lowest BCUT2D eigenvalue weighted by Gasteiger charge is -2.26. The molecule has 3 aromatic rings. The highest BCUT2D eigenvalue weighted by Crippen LogP contribution is 2.26. The van der Waals surface area contributed by atoms with Crippen LogP contribution in [0, 0.1) is 13.8 Å². The molecule has 32 heavy (non-hydrogen) atoms. The SMILES string of the molecule is CCc1ccc(N2C(=O)NC(=O)C(=Cc3cc(C)n(-c4ccc(Cl)cc4)c3C)C2=O)cc1. The van der Waals surface area contributed by atoms with E-state index in [9.17, 15) is 14.4 Å². The Kier molecular flexibility index (Phi) is 5.72. The van der Waals surface area contributed by atoms with Gasteiger partial charge in [0.2, 0.25) is 0 Å². The van der Waals surface area contributed by atoms with Crippen molar-refractivity contribution in [1.82, 2.24) is 9.88 Å². The van der Waals surface area contributed by atoms with E-state index < -0.39 is 17.8 Å². The highest BCUT2D eigenvalue weighted by molar-refractivity contribution is 6.39. The van der Waals surface area contributed by atoms with Crippen LogP contribution in [0.5, 0.6) is 0 Å². The average molecular weight is 448 g/mol. The summed E-state index contributed by atoms with van der Waals surface area (Å²) in [4.78, 5) is 39.1. The Bertz CT molecular complexity index is 1250. The third kappa shape index (κ3) is 3.85. The van der Waals surface area contributed by atoms with Gasteiger partial charge in [0.15, 0.2) is 0 Å². The van der Waals surface area contributed by atoms with Crippen molar-refractivity contribution in [2.45, 2.75) is 27.2 Å². The van der Waals surface area contributed by atoms with Crippen molar-refractivity contribution < 1.29 is 14.4 Å². The number of carbonyl (C=O) groups excluding carboxylic acids is 3. The summed E-state index contributed by atoms with van der Waals surface area (Å²) >= 11 is 6.00. The number of halogens is 1. The predicted octanol–water partition coefficient (Wildman–Crippen LogP) is 4.98. The maximum atomic E-state index is 13.2. The predicted molar refractivity (Wildman–Crippen MR) is 125 cm³/mol. The summed E-state index contributed by atoms with van der Waals surface area (Å²) in [6, 6.07) is 15.7. The van der Waals surface area contributed by atoms with Gasteiger partial charge in [-0.15, -0.1) is 0 Å². The minimum absolute atomic E-state index is 0.0967. The Morgan fingerprint density at radius 1 is 0.938 bits per heavy atom. The molecule has 1 fully saturated rings. The van der Waals surface area contributed by atoms with Gasteiger partial charge in [-0.2, -0.15) is 0 Å². The van der Waals surface area contributed by atoms with E-state index >= 15 is 0 Å². The van der Waals surface area contributed by atoms with Gasteiger partial charge in [0.25, 0.3) is 11.8 Å². The van der Waals surface area contributed by atoms with Crippen LogP contribution in [0.15, 0.2) is 60.2 Å². The molecule has 1 saturated heterocycles. The van der Waals surface area contributed by atoms with E-state index in [2.05, 4.69) is 5.32 Å². The third-order valence-electron chi connectivity index (χ3n) is 5.56. The number of hydrogen-bond donors (Lipinski definition) is 1. The van der Waals surface area contributed by atoms with Crippen LogP contribution in [0.4, 0.5) is 10.5 Å². The van der Waals surface area contributed by atoms with Crippen LogP contribution in [0.2, 0.25) is 5.02 Å². The molecule has 0 bridgehead atoms. The number of rotatable bonds is 4. The van der Waals surface area contributed by atoms with Gasteiger partial charge < -0.3 is 4.57 Å². The second-order valence-corrected chi connectivity index (χ2v) is 8.05. The molecule has 7 heteroatoms. The monoisotopic (exact) mass is 447 g/mol. The Morgan fingerprint density at radius 3 is 2.19 bits per heavy atom. The van der Waals surface area contributed by atoms with E-state index in [4.69, 9.17) is 11.6 Å². The number of barbiturate groups is 1. The number of imide groups is 2. The number of aryl methyl sites for hydroxylation is 2. The van der Waals surface area contributed by atoms with E-state index in [1.165, 1.54) is 6.08 Å². The van der Waals surface area contributed by atoms with Crippen LogP contribution in [0.1, 0.15) is 29.4 Å². The molecular formula is C25H22ClN3O3. The van der Waals surface area contributed by atoms with Gasteiger partial charge >= 0.3 is 6.03 Å². The largest absolute Gasteiger partial charge is 0.335 e. The van der Waals surface area contributed by atoms with Crippen LogP contribution < -0.4 is 10.2 Å². The van der Waals surface area contributed by atoms with Crippen LogP contribution in [-0.4, -0.2) is 22.4 Å². The number of nitrogens with one attached hydrogen (secondary N) is 1. The zero-order chi connectivity index (χ0) is 23.0. The van der Waals surface area contributed by atoms with Crippen molar-refractivity contribution in [3.63, 3.8) is 0 Å². The van der Waals surface area contributed by atoms with Crippen LogP contribution in [-0.2, 0) is 16.0 Å². The second kappa shape index (κ2) is 8.48. The fraction of sp³-hybridized carbons (Fsp3) is 0.160. The summed E-state index contributed by atoms with van der Waals surface area (Å²) in [5.41, 5.74) is 4.82. The van der Waals surface area contributed by atoms with Crippen molar-refractivity contribution >= 4 is 41.2 Å². The lowest BCUT2D eigenvalue weighted by atomic mass is 10.1. The molecule has 0 unspecified atom stereocenters. The van der Waals surface area contributed by atoms with Gasteiger partial charge in [-0.3, -0.25) is 14.9 Å². The van der Waals surface area contributed by atoms with Crippen LogP contribution >= 0.6 is 11.6 Å². The number of urea groups is 1. The molecule has 1 aliphatic heterocycles. The molecule has 0 saturated carbocycles. The lowest BCUT2D eigenvalue weighted by Crippen LogP contribution is -2.54. The van der Waals surface area contributed by atoms with E-state index in [-0.39, 0.29) is 5.57 Å². The van der Waals surface area contributed by atoms with E-state index in [1.54, 1.807) is 24.3 Å². The molecule has 6 nitrogen and oxygen atoms in total. The maximum Gasteiger partial charge on any atom is 0.335 e. The molecule has 1 aromatic heterocycles. The van der Waals surface area contributed by atoms with Crippen molar-refractivity contribution in [2.24, 2.45) is 0 Å². The topological polar surface area (TPSA) is 71.4 Å². The first kappa shape index (κ1) is 21.6. The normalized spacial score (nSPS) is 15.4. The smallest absolute Gasteiger partial charge is 0.318 e. The summed E-state index contributed by atoms with van der Waals surface area (Å²) in [5.74, 6) is -1.36. The van der Waals surface area contributed by atoms with Gasteiger partial charge in [0.05, 0.1) is 5.69 Å². The number of aromatic nitrogens is 1. The lowest BCUT2D eigenvalue weighted by molar-refractivity contribution is -0.122. The molecule has 1 aliphatic rings. The number of anilines is 1. The first-order valence-corrected chi connectivity index (χ1v) is 10.6. The molecule has 0 radical (unpaired) electrons. The van der Waals surface area contributed by atoms with Gasteiger partial charge in [0.1, 0.15) is 5.57 Å². The van der Waals surface area contributed by atoms with Gasteiger partial charge in [-0.05, 0) is 79.9 Å². The Labute approximate surface area is 191 Å². The summed E-state index contributed by atoms with van der Waals surface area (Å²) < 4.78 is 2.01. The number of benzene rings is 2. The summed E-state index contributed by atoms with van der Waals surface area (Å²) in [6.07, 6.45) is 2.37. The highest BCUT2D eigenvalue weighted by atomic mass is 35.5. The molecule has 162 valence electrons. The highest BCUT2D eigenvalue weighted by Gasteiger charge is 2.37. The number of nitrogens with zero attached hydrogens (tertiary/aromatic N) is 2. The first-order valence-electron chi connectivity index (χ1n) is 10.3. The molecule has 2 heterocycles. The van der Waals surface area contributed by atoms with Crippen molar-refractivity contribution in [2.75, 3.05) is 4.90 Å². The number of carbonyl (C=O) groups is 3. The number of hydrogen-bond acceptors (Lipinski definition) is 3. The second-order valence-electron chi connectivity index (χ2n) is 7.62. The van der Waals surface area contributed by atoms with E-state index in [0.29, 0.717) is 16.3 Å². The van der Waals surface area contributed by atoms with Crippen molar-refractivity contribution in [1.29, 1.82) is 0 Å². The zero-order valence-electron chi connectivity index (χ0n) is 18.0. The molecule has 0 spiro atoms.